The molecule has 0 aromatic heterocycles. The van der Waals surface area contributed by atoms with Crippen LogP contribution in [0, 0.1) is 0 Å². The van der Waals surface area contributed by atoms with Gasteiger partial charge in [0.05, 0.1) is 6.61 Å². The van der Waals surface area contributed by atoms with Crippen molar-refractivity contribution in [3.8, 4) is 0 Å². The molecule has 17 heteroatoms. The van der Waals surface area contributed by atoms with Gasteiger partial charge < -0.3 is 52.8 Å². The summed E-state index contributed by atoms with van der Waals surface area (Å²) in [6.07, 6.45) is -13.3. The zero-order valence-electron chi connectivity index (χ0n) is 25.1. The van der Waals surface area contributed by atoms with Crippen molar-refractivity contribution in [3.05, 3.63) is 0 Å². The molecule has 2 rings (SSSR count). The molecule has 0 bridgehead atoms. The normalized spacial score (nSPS) is 32.2. The fraction of sp³-hybridized carbons (Fsp3) is 0.769. The maximum Gasteiger partial charge on any atom is 0.303 e. The molecule has 2 aliphatic rings. The molecule has 0 amide bonds. The summed E-state index contributed by atoms with van der Waals surface area (Å²) in [4.78, 5) is 72.4. The van der Waals surface area contributed by atoms with Crippen molar-refractivity contribution in [2.75, 3.05) is 13.2 Å². The van der Waals surface area contributed by atoms with Gasteiger partial charge >= 0.3 is 35.8 Å². The van der Waals surface area contributed by atoms with Crippen molar-refractivity contribution < 1.29 is 81.6 Å². The standard InChI is InChI=1S/C26H38O17/c1-11(28)35-10-18-20(36-12(2)29)23(39-15(5)32)26(42-18,25(7,8)41-16(6)33)43-24-22(38-14(4)31)21(37-13(3)30)19(34)17(9-27)40-24/h17-24,27,34H,9-10H2,1-8H3/t17-,18-,19-,20-,21+,22-,23+,24-,26-/m1/s1. The fourth-order valence-electron chi connectivity index (χ4n) is 4.86. The predicted octanol–water partition coefficient (Wildman–Crippen LogP) is -1.19. The molecule has 2 heterocycles. The Morgan fingerprint density at radius 2 is 1.23 bits per heavy atom. The highest BCUT2D eigenvalue weighted by atomic mass is 16.8. The average molecular weight is 623 g/mol. The van der Waals surface area contributed by atoms with E-state index in [4.69, 9.17) is 42.6 Å². The van der Waals surface area contributed by atoms with Crippen molar-refractivity contribution in [3.63, 3.8) is 0 Å². The SMILES string of the molecule is CC(=O)OC[C@H]1O[C@](O[C@H]2O[C@H](CO)[C@@H](O)[C@H](OC(C)=O)[C@H]2OC(C)=O)(C(C)(C)OC(C)=O)[C@@H](OC(C)=O)[C@@H]1OC(C)=O. The zero-order chi connectivity index (χ0) is 32.9. The molecule has 2 aliphatic heterocycles. The van der Waals surface area contributed by atoms with Crippen molar-refractivity contribution >= 4 is 35.8 Å². The van der Waals surface area contributed by atoms with Gasteiger partial charge in [0.2, 0.25) is 6.29 Å². The van der Waals surface area contributed by atoms with Gasteiger partial charge in [0, 0.05) is 41.5 Å². The Morgan fingerprint density at radius 3 is 1.70 bits per heavy atom. The summed E-state index contributed by atoms with van der Waals surface area (Å²) in [6.45, 7) is 7.40. The molecule has 0 aromatic rings. The summed E-state index contributed by atoms with van der Waals surface area (Å²) in [6, 6.07) is 0. The van der Waals surface area contributed by atoms with Gasteiger partial charge in [-0.15, -0.1) is 0 Å². The minimum Gasteiger partial charge on any atom is -0.463 e. The van der Waals surface area contributed by atoms with E-state index in [1.54, 1.807) is 0 Å². The lowest BCUT2D eigenvalue weighted by Gasteiger charge is -2.49. The Bertz CT molecular complexity index is 1070. The van der Waals surface area contributed by atoms with Gasteiger partial charge in [-0.25, -0.2) is 0 Å². The highest BCUT2D eigenvalue weighted by molar-refractivity contribution is 5.69. The molecule has 9 atom stereocenters. The molecule has 17 nitrogen and oxygen atoms in total. The highest BCUT2D eigenvalue weighted by Crippen LogP contribution is 2.47. The molecule has 244 valence electrons. The average Bonchev–Trinajstić information content (AvgIpc) is 3.12. The number of carbonyl (C=O) groups is 6. The Kier molecular flexibility index (Phi) is 12.0. The minimum absolute atomic E-state index is 0.570. The Labute approximate surface area is 246 Å². The fourth-order valence-corrected chi connectivity index (χ4v) is 4.86. The number of ether oxygens (including phenoxy) is 9. The summed E-state index contributed by atoms with van der Waals surface area (Å²) in [5.41, 5.74) is -1.98. The lowest BCUT2D eigenvalue weighted by atomic mass is 9.89. The first kappa shape index (κ1) is 35.8. The molecular formula is C26H38O17. The Hall–Kier alpha value is -3.38. The van der Waals surface area contributed by atoms with E-state index >= 15 is 0 Å². The van der Waals surface area contributed by atoms with Crippen LogP contribution in [0.2, 0.25) is 0 Å². The number of rotatable bonds is 11. The third kappa shape index (κ3) is 8.60. The van der Waals surface area contributed by atoms with E-state index in [1.165, 1.54) is 13.8 Å². The lowest BCUT2D eigenvalue weighted by molar-refractivity contribution is -0.409. The van der Waals surface area contributed by atoms with Gasteiger partial charge in [-0.1, -0.05) is 0 Å². The van der Waals surface area contributed by atoms with Crippen LogP contribution < -0.4 is 0 Å². The van der Waals surface area contributed by atoms with E-state index in [0.717, 1.165) is 41.5 Å². The van der Waals surface area contributed by atoms with Crippen molar-refractivity contribution in [2.24, 2.45) is 0 Å². The Balaban J connectivity index is 2.82. The van der Waals surface area contributed by atoms with Gasteiger partial charge in [-0.2, -0.15) is 0 Å². The predicted molar refractivity (Wildman–Crippen MR) is 135 cm³/mol. The maximum atomic E-state index is 12.4. The first-order valence-corrected chi connectivity index (χ1v) is 13.2. The summed E-state index contributed by atoms with van der Waals surface area (Å²) in [5, 5.41) is 20.7. The molecular weight excluding hydrogens is 584 g/mol. The monoisotopic (exact) mass is 622 g/mol. The van der Waals surface area contributed by atoms with E-state index in [0.29, 0.717) is 0 Å². The second-order valence-electron chi connectivity index (χ2n) is 10.3. The first-order valence-electron chi connectivity index (χ1n) is 13.2. The Morgan fingerprint density at radius 1 is 0.721 bits per heavy atom. The third-order valence-electron chi connectivity index (χ3n) is 6.34. The van der Waals surface area contributed by atoms with Crippen LogP contribution in [0.1, 0.15) is 55.4 Å². The largest absolute Gasteiger partial charge is 0.463 e. The van der Waals surface area contributed by atoms with E-state index in [9.17, 15) is 39.0 Å². The molecule has 0 aliphatic carbocycles. The summed E-state index contributed by atoms with van der Waals surface area (Å²) in [7, 11) is 0. The van der Waals surface area contributed by atoms with E-state index in [-0.39, 0.29) is 0 Å². The quantitative estimate of drug-likeness (QED) is 0.204. The summed E-state index contributed by atoms with van der Waals surface area (Å²) in [5.74, 6) is -7.77. The summed E-state index contributed by atoms with van der Waals surface area (Å²) < 4.78 is 50.2. The number of hydrogen-bond acceptors (Lipinski definition) is 17. The number of esters is 6. The molecule has 0 radical (unpaired) electrons. The maximum absolute atomic E-state index is 12.4. The van der Waals surface area contributed by atoms with Crippen LogP contribution in [0.3, 0.4) is 0 Å². The number of aliphatic hydroxyl groups is 2. The van der Waals surface area contributed by atoms with Crippen LogP contribution in [0.25, 0.3) is 0 Å². The van der Waals surface area contributed by atoms with Crippen LogP contribution >= 0.6 is 0 Å². The van der Waals surface area contributed by atoms with Crippen molar-refractivity contribution in [2.45, 2.75) is 116 Å². The first-order chi connectivity index (χ1) is 19.8. The second-order valence-corrected chi connectivity index (χ2v) is 10.3. The smallest absolute Gasteiger partial charge is 0.303 e. The summed E-state index contributed by atoms with van der Waals surface area (Å²) >= 11 is 0. The van der Waals surface area contributed by atoms with E-state index in [1.807, 2.05) is 0 Å². The highest BCUT2D eigenvalue weighted by Gasteiger charge is 2.70. The van der Waals surface area contributed by atoms with Crippen LogP contribution in [0.4, 0.5) is 0 Å². The topological polar surface area (TPSA) is 226 Å². The van der Waals surface area contributed by atoms with Crippen LogP contribution in [0.15, 0.2) is 0 Å². The minimum atomic E-state index is -2.51. The molecule has 0 unspecified atom stereocenters. The number of aliphatic hydroxyl groups excluding tert-OH is 2. The number of carbonyl (C=O) groups excluding carboxylic acids is 6. The third-order valence-corrected chi connectivity index (χ3v) is 6.34. The van der Waals surface area contributed by atoms with Crippen LogP contribution in [0.5, 0.6) is 0 Å². The molecule has 2 saturated heterocycles. The molecule has 2 fully saturated rings. The lowest BCUT2D eigenvalue weighted by Crippen LogP contribution is -2.68. The van der Waals surface area contributed by atoms with Gasteiger partial charge in [0.1, 0.15) is 24.9 Å². The molecule has 2 N–H and O–H groups in total. The van der Waals surface area contributed by atoms with E-state index in [2.05, 4.69) is 0 Å². The second kappa shape index (κ2) is 14.4. The van der Waals surface area contributed by atoms with E-state index < -0.39 is 109 Å². The van der Waals surface area contributed by atoms with Crippen molar-refractivity contribution in [1.82, 2.24) is 0 Å². The molecule has 0 spiro atoms. The van der Waals surface area contributed by atoms with Gasteiger partial charge in [0.15, 0.2) is 30.0 Å². The van der Waals surface area contributed by atoms with Crippen LogP contribution in [-0.4, -0.2) is 120 Å². The molecule has 0 saturated carbocycles. The van der Waals surface area contributed by atoms with Crippen molar-refractivity contribution in [1.29, 1.82) is 0 Å². The van der Waals surface area contributed by atoms with Gasteiger partial charge in [0.25, 0.3) is 5.79 Å². The molecule has 0 aromatic carbocycles. The zero-order valence-corrected chi connectivity index (χ0v) is 25.1. The van der Waals surface area contributed by atoms with Gasteiger partial charge in [-0.3, -0.25) is 28.8 Å². The number of hydrogen-bond donors (Lipinski definition) is 2. The molecule has 43 heavy (non-hydrogen) atoms. The van der Waals surface area contributed by atoms with Crippen LogP contribution in [-0.2, 0) is 71.4 Å². The van der Waals surface area contributed by atoms with Gasteiger partial charge in [-0.05, 0) is 13.8 Å².